The molecule has 3 fully saturated rings. The van der Waals surface area contributed by atoms with Crippen LogP contribution in [0, 0.1) is 14.1 Å². The summed E-state index contributed by atoms with van der Waals surface area (Å²) in [6.07, 6.45) is 24.7. The first-order valence-corrected chi connectivity index (χ1v) is 45.4. The number of amides is 2. The molecule has 7 heterocycles. The number of carbonyl (C=O) groups excluding carboxylic acids is 3. The molecule has 22 nitrogen and oxygen atoms in total. The van der Waals surface area contributed by atoms with Gasteiger partial charge in [0.25, 0.3) is 0 Å². The van der Waals surface area contributed by atoms with Gasteiger partial charge in [-0.1, -0.05) is 200 Å². The summed E-state index contributed by atoms with van der Waals surface area (Å²) in [4.78, 5) is 73.7. The molecule has 3 saturated heterocycles. The fourth-order valence-electron chi connectivity index (χ4n) is 11.3. The van der Waals surface area contributed by atoms with Crippen molar-refractivity contribution in [2.45, 2.75) is 196 Å². The molecule has 2 amide bonds. The minimum Gasteiger partial charge on any atom is -0.428 e. The summed E-state index contributed by atoms with van der Waals surface area (Å²) < 4.78 is 20.7. The number of urea groups is 1. The third-order valence-corrected chi connectivity index (χ3v) is 25.1. The van der Waals surface area contributed by atoms with Crippen LogP contribution in [0.4, 0.5) is 14.4 Å². The monoisotopic (exact) mass is 2150 g/mol. The first kappa shape index (κ1) is 115. The average Bonchev–Trinajstić information content (AvgIpc) is 0.977. The molecule has 3 aliphatic rings. The first-order chi connectivity index (χ1) is 57.4. The van der Waals surface area contributed by atoms with Crippen molar-refractivity contribution in [3.05, 3.63) is 226 Å². The molecule has 0 aliphatic carbocycles. The second kappa shape index (κ2) is 58.5. The Labute approximate surface area is 817 Å². The summed E-state index contributed by atoms with van der Waals surface area (Å²) in [7, 11) is 8.19. The number of ether oxygens (including phenoxy) is 4. The molecule has 3 atom stereocenters. The predicted molar refractivity (Wildman–Crippen MR) is 533 cm³/mol. The Morgan fingerprint density at radius 1 is 0.484 bits per heavy atom. The van der Waals surface area contributed by atoms with E-state index in [4.69, 9.17) is 142 Å². The number of rotatable bonds is 11. The second-order valence-electron chi connectivity index (χ2n) is 31.1. The summed E-state index contributed by atoms with van der Waals surface area (Å²) in [5.41, 5.74) is 20.1. The number of halogens is 13. The van der Waals surface area contributed by atoms with E-state index in [1.165, 1.54) is 38.8 Å². The van der Waals surface area contributed by atoms with Gasteiger partial charge in [0.2, 0.25) is 0 Å². The van der Waals surface area contributed by atoms with Crippen LogP contribution in [-0.4, -0.2) is 164 Å². The van der Waals surface area contributed by atoms with E-state index in [-0.39, 0.29) is 50.0 Å². The van der Waals surface area contributed by atoms with Gasteiger partial charge in [-0.15, -0.1) is 12.4 Å². The van der Waals surface area contributed by atoms with Crippen molar-refractivity contribution in [1.82, 2.24) is 65.2 Å². The lowest BCUT2D eigenvalue weighted by atomic mass is 10.0. The molecule has 35 heteroatoms. The quantitative estimate of drug-likeness (QED) is 0.0405. The van der Waals surface area contributed by atoms with Crippen LogP contribution in [0.25, 0.3) is 33.8 Å². The molecule has 4 aromatic heterocycles. The summed E-state index contributed by atoms with van der Waals surface area (Å²) in [6, 6.07) is 19.6. The molecule has 3 aliphatic heterocycles. The number of aryl methyl sites for hydroxylation is 1. The summed E-state index contributed by atoms with van der Waals surface area (Å²) in [6.45, 7) is 32.5. The second-order valence-corrected chi connectivity index (χ2v) is 37.2. The lowest BCUT2D eigenvalue weighted by Crippen LogP contribution is -2.48. The van der Waals surface area contributed by atoms with E-state index in [1.807, 2.05) is 95.4 Å². The molecule has 5 aromatic carbocycles. The number of hydrogen-bond acceptors (Lipinski definition) is 20. The third kappa shape index (κ3) is 40.5. The predicted octanol–water partition coefficient (Wildman–Crippen LogP) is 26.4. The molecule has 124 heavy (non-hydrogen) atoms. The summed E-state index contributed by atoms with van der Waals surface area (Å²) in [5.74, 6) is 0.767. The average molecular weight is 2150 g/mol. The Balaban J connectivity index is 0.000000488. The van der Waals surface area contributed by atoms with Crippen LogP contribution in [0.15, 0.2) is 135 Å². The fraction of sp³-hybridized carbons (Fsp3) is 0.449. The Bertz CT molecular complexity index is 4480. The zero-order valence-corrected chi connectivity index (χ0v) is 85.3. The number of benzene rings is 5. The number of aromatic nitrogens is 8. The van der Waals surface area contributed by atoms with Crippen molar-refractivity contribution in [3.8, 4) is 33.8 Å². The lowest BCUT2D eigenvalue weighted by molar-refractivity contribution is -0.0294. The highest BCUT2D eigenvalue weighted by Gasteiger charge is 2.28. The highest BCUT2D eigenvalue weighted by atomic mass is 127. The number of carbonyl (C=O) groups is 3. The Kier molecular flexibility index (Phi) is 54.2. The molecular formula is C89H118Cl11I2N15O7. The van der Waals surface area contributed by atoms with Crippen molar-refractivity contribution >= 4 is 192 Å². The number of likely N-dealkylation sites (tertiary alicyclic amines) is 2. The van der Waals surface area contributed by atoms with Crippen molar-refractivity contribution in [3.63, 3.8) is 0 Å². The maximum atomic E-state index is 12.7. The van der Waals surface area contributed by atoms with E-state index in [1.54, 1.807) is 121 Å². The summed E-state index contributed by atoms with van der Waals surface area (Å²) >= 11 is 66.2. The minimum absolute atomic E-state index is 0. The van der Waals surface area contributed by atoms with Crippen LogP contribution in [-0.2, 0) is 18.9 Å². The highest BCUT2D eigenvalue weighted by molar-refractivity contribution is 14.1. The molecule has 0 spiro atoms. The zero-order chi connectivity index (χ0) is 91.3. The van der Waals surface area contributed by atoms with E-state index in [0.29, 0.717) is 79.0 Å². The van der Waals surface area contributed by atoms with Gasteiger partial charge in [0.1, 0.15) is 11.2 Å². The fourth-order valence-corrected chi connectivity index (χ4v) is 15.5. The van der Waals surface area contributed by atoms with E-state index in [2.05, 4.69) is 159 Å². The van der Waals surface area contributed by atoms with Gasteiger partial charge >= 0.3 is 18.3 Å². The van der Waals surface area contributed by atoms with Gasteiger partial charge in [0, 0.05) is 124 Å². The standard InChI is InChI=1S/C20H25Cl2N5O.C13H12Cl2N2.C12H11Cl2N3.C10H18O5.C9H9Cl2I.C8H8Cl2IN.C7H16N2.C5H6N2.C4H8O.CH4.ClH/c1-13(25-20(28)27(3)14-6-10-26(2)11-7-14)15-4-5-16(19(22)18(15)21)17-12-23-8-9-24-17;1-8(2)9-3-4-10(13(15)12(9)14)11-7-16-5-6-17-11;1-7(15)8-2-3-9(12(14)11(8)13)10-6-16-4-5-17-10;1-9(2,3)14-7(11)13-8(12)15-10(4,5)6;1-5(2)6-3-4-7(12)9(11)8(6)10;1-4(12)5-2-3-6(11)8(10)7(5)9;1-8-7-3-5-9(2)6-4-7;1-5-4-6-2-3-7-5;1-2-4-5-3-1;;/h4-5,8-9,12-14H,6-7,10-11H2,1-3H3,(H,25,28);3-8H,1-2H3;2-7H,15H2,1H3;1-6H3;3-5H,1-2H3;2-4H,12H2,1H3;7-8H,3-6H2,1-2H3;2-4H,1H3;1-4H2;1H4;1H/t13-;;7-;;;4-;;;;;/m0.0..0...../s1. The largest absolute Gasteiger partial charge is 0.519 e. The van der Waals surface area contributed by atoms with Crippen LogP contribution in [0.3, 0.4) is 0 Å². The van der Waals surface area contributed by atoms with Crippen LogP contribution in [0.1, 0.15) is 199 Å². The maximum Gasteiger partial charge on any atom is 0.519 e. The van der Waals surface area contributed by atoms with E-state index in [9.17, 15) is 14.4 Å². The molecule has 9 aromatic rings. The molecule has 0 radical (unpaired) electrons. The topological polar surface area (TPSA) is 277 Å². The van der Waals surface area contributed by atoms with Crippen molar-refractivity contribution in [2.75, 3.05) is 67.6 Å². The number of nitrogens with zero attached hydrogens (tertiary/aromatic N) is 11. The van der Waals surface area contributed by atoms with E-state index in [0.717, 1.165) is 103 Å². The van der Waals surface area contributed by atoms with Gasteiger partial charge < -0.3 is 55.7 Å². The smallest absolute Gasteiger partial charge is 0.428 e. The van der Waals surface area contributed by atoms with Crippen molar-refractivity contribution in [1.29, 1.82) is 0 Å². The van der Waals surface area contributed by atoms with Gasteiger partial charge in [-0.05, 0) is 252 Å². The molecule has 0 unspecified atom stereocenters. The van der Waals surface area contributed by atoms with Crippen LogP contribution < -0.4 is 22.1 Å². The van der Waals surface area contributed by atoms with Gasteiger partial charge in [0.05, 0.1) is 97.6 Å². The van der Waals surface area contributed by atoms with Gasteiger partial charge in [0.15, 0.2) is 0 Å². The van der Waals surface area contributed by atoms with Gasteiger partial charge in [-0.25, -0.2) is 14.4 Å². The van der Waals surface area contributed by atoms with E-state index >= 15 is 0 Å². The molecule has 12 rings (SSSR count). The molecule has 0 saturated carbocycles. The van der Waals surface area contributed by atoms with Crippen molar-refractivity contribution < 1.29 is 33.3 Å². The molecule has 0 bridgehead atoms. The molecule has 6 N–H and O–H groups in total. The third-order valence-electron chi connectivity index (χ3n) is 18.2. The van der Waals surface area contributed by atoms with Gasteiger partial charge in [-0.2, -0.15) is 0 Å². The molecular weight excluding hydrogens is 2030 g/mol. The SMILES string of the molecule is C.C1CCOC1.CC(C)(C)OC(=O)OC(=O)OC(C)(C)C.CC(C)c1ccc(-c2cnccn2)c(Cl)c1Cl.CC(C)c1ccc(I)c(Cl)c1Cl.CNC1CCN(C)CC1.C[C@H](N)c1ccc(-c2cnccn2)c(Cl)c1Cl.C[C@H](N)c1ccc(I)c(Cl)c1Cl.C[C@H](NC(=O)N(C)C1CCN(C)CC1)c1ccc(-c2cnccn2)c(Cl)c1Cl.Cc1cnccn1.Cl. The number of hydrogen-bond donors (Lipinski definition) is 4. The Hall–Kier alpha value is -5.16. The van der Waals surface area contributed by atoms with Gasteiger partial charge in [-0.3, -0.25) is 39.9 Å². The lowest BCUT2D eigenvalue weighted by Gasteiger charge is -2.35. The highest BCUT2D eigenvalue weighted by Crippen LogP contribution is 2.41. The Morgan fingerprint density at radius 2 is 0.806 bits per heavy atom. The maximum absolute atomic E-state index is 12.7. The summed E-state index contributed by atoms with van der Waals surface area (Å²) in [5, 5.41) is 11.8. The van der Waals surface area contributed by atoms with Crippen molar-refractivity contribution in [2.24, 2.45) is 11.5 Å². The van der Waals surface area contributed by atoms with Crippen LogP contribution >= 0.6 is 174 Å². The number of nitrogens with two attached hydrogens (primary N) is 2. The first-order valence-electron chi connectivity index (χ1n) is 39.4. The van der Waals surface area contributed by atoms with E-state index < -0.39 is 23.5 Å². The molecule has 682 valence electrons. The number of piperidine rings is 2. The zero-order valence-electron chi connectivity index (χ0n) is 72.6. The Morgan fingerprint density at radius 3 is 1.12 bits per heavy atom. The van der Waals surface area contributed by atoms with Crippen LogP contribution in [0.5, 0.6) is 0 Å². The minimum atomic E-state index is -1.06. The normalized spacial score (nSPS) is 14.0. The number of nitrogens with one attached hydrogen (secondary N) is 2. The van der Waals surface area contributed by atoms with Crippen LogP contribution in [0.2, 0.25) is 50.2 Å².